The molecule has 30 heavy (non-hydrogen) atoms. The summed E-state index contributed by atoms with van der Waals surface area (Å²) >= 11 is 1.55. The van der Waals surface area contributed by atoms with Gasteiger partial charge in [-0.05, 0) is 19.1 Å². The molecule has 1 aliphatic heterocycles. The molecule has 0 fully saturated rings. The van der Waals surface area contributed by atoms with Crippen LogP contribution in [0.3, 0.4) is 0 Å². The van der Waals surface area contributed by atoms with Gasteiger partial charge in [-0.15, -0.1) is 0 Å². The van der Waals surface area contributed by atoms with E-state index in [1.165, 1.54) is 6.20 Å². The van der Waals surface area contributed by atoms with E-state index in [9.17, 15) is 9.59 Å². The number of benzene rings is 1. The van der Waals surface area contributed by atoms with Crippen molar-refractivity contribution in [2.45, 2.75) is 13.0 Å². The quantitative estimate of drug-likeness (QED) is 0.197. The van der Waals surface area contributed by atoms with Crippen LogP contribution in [0.1, 0.15) is 23.3 Å². The van der Waals surface area contributed by atoms with Gasteiger partial charge >= 0.3 is 0 Å². The third-order valence-electron chi connectivity index (χ3n) is 4.96. The number of carbonyl (C=O) groups excluding carboxylic acids is 1. The van der Waals surface area contributed by atoms with E-state index >= 15 is 4.39 Å². The number of nitrogens with zero attached hydrogens (tertiary/aromatic N) is 2. The number of pyridine rings is 2. The molecule has 0 spiro atoms. The zero-order chi connectivity index (χ0) is 21.4. The molecular formula is C20H19FIN5O3. The Morgan fingerprint density at radius 2 is 2.17 bits per heavy atom. The van der Waals surface area contributed by atoms with Gasteiger partial charge in [0.25, 0.3) is 0 Å². The molecule has 4 rings (SSSR count). The molecule has 3 aromatic rings. The van der Waals surface area contributed by atoms with Gasteiger partial charge in [-0.3, -0.25) is 9.59 Å². The van der Waals surface area contributed by atoms with Gasteiger partial charge in [0.1, 0.15) is 18.1 Å². The van der Waals surface area contributed by atoms with Gasteiger partial charge in [0, 0.05) is 48.1 Å². The van der Waals surface area contributed by atoms with Crippen LogP contribution < -0.4 is 26.5 Å². The Morgan fingerprint density at radius 1 is 1.40 bits per heavy atom. The first kappa shape index (κ1) is 20.4. The van der Waals surface area contributed by atoms with Crippen molar-refractivity contribution in [2.24, 2.45) is 0 Å². The number of anilines is 3. The topological polar surface area (TPSA) is 111 Å². The summed E-state index contributed by atoms with van der Waals surface area (Å²) in [5.41, 5.74) is 5.57. The Balaban J connectivity index is 1.75. The highest BCUT2D eigenvalue weighted by Gasteiger charge is 2.30. The third-order valence-corrected chi connectivity index (χ3v) is 5.54. The first-order valence-electron chi connectivity index (χ1n) is 9.31. The first-order chi connectivity index (χ1) is 14.4. The number of ether oxygens (including phenoxy) is 1. The lowest BCUT2D eigenvalue weighted by Gasteiger charge is -2.29. The van der Waals surface area contributed by atoms with Crippen molar-refractivity contribution in [1.82, 2.24) is 9.55 Å². The molecular weight excluding hydrogens is 504 g/mol. The fourth-order valence-corrected chi connectivity index (χ4v) is 3.88. The number of nitrogens with one attached hydrogen (secondary N) is 2. The molecule has 2 aromatic heterocycles. The number of aromatic nitrogens is 2. The summed E-state index contributed by atoms with van der Waals surface area (Å²) in [6.07, 6.45) is 3.17. The number of nitrogens with two attached hydrogens (primary N) is 1. The number of halogens is 2. The smallest absolute Gasteiger partial charge is 0.227 e. The summed E-state index contributed by atoms with van der Waals surface area (Å²) in [6, 6.07) is 5.35. The van der Waals surface area contributed by atoms with E-state index in [1.807, 2.05) is 25.1 Å². The third kappa shape index (κ3) is 3.44. The molecule has 1 atom stereocenters. The molecule has 0 amide bonds. The molecule has 0 aliphatic carbocycles. The maximum Gasteiger partial charge on any atom is 0.227 e. The lowest BCUT2D eigenvalue weighted by Crippen LogP contribution is -2.27. The van der Waals surface area contributed by atoms with Crippen LogP contribution in [0, 0.1) is 5.82 Å². The van der Waals surface area contributed by atoms with Gasteiger partial charge in [-0.2, -0.15) is 0 Å². The standard InChI is InChI=1S/C20H19FIN5O3/c1-10-9-30-19-16(26-7-6-25-12-4-2-3-5-24-12)14(21)15(23)13-17(19)27(10)8-11(18(13)28)20(22)29/h2-5,8,10,26H,6-7,9,23H2,1H3,(H,24,25)/t10-/m0/s1. The van der Waals surface area contributed by atoms with Crippen molar-refractivity contribution in [3.05, 3.63) is 52.2 Å². The minimum absolute atomic E-state index is 0.0332. The van der Waals surface area contributed by atoms with Gasteiger partial charge in [0.15, 0.2) is 11.6 Å². The molecule has 10 heteroatoms. The summed E-state index contributed by atoms with van der Waals surface area (Å²) in [4.78, 5) is 28.9. The lowest BCUT2D eigenvalue weighted by molar-refractivity contribution is 0.110. The second-order valence-electron chi connectivity index (χ2n) is 6.94. The zero-order valence-electron chi connectivity index (χ0n) is 16.0. The normalized spacial score (nSPS) is 15.0. The lowest BCUT2D eigenvalue weighted by atomic mass is 10.0. The molecule has 3 heterocycles. The molecule has 0 unspecified atom stereocenters. The first-order valence-corrected chi connectivity index (χ1v) is 10.4. The van der Waals surface area contributed by atoms with Crippen LogP contribution in [0.5, 0.6) is 5.75 Å². The fourth-order valence-electron chi connectivity index (χ4n) is 3.49. The number of carbonyl (C=O) groups is 1. The highest BCUT2D eigenvalue weighted by Crippen LogP contribution is 2.43. The molecule has 0 bridgehead atoms. The van der Waals surface area contributed by atoms with E-state index < -0.39 is 15.0 Å². The summed E-state index contributed by atoms with van der Waals surface area (Å²) in [5.74, 6) is 0.151. The highest BCUT2D eigenvalue weighted by atomic mass is 127. The second-order valence-corrected chi connectivity index (χ2v) is 7.92. The van der Waals surface area contributed by atoms with Crippen molar-refractivity contribution < 1.29 is 13.9 Å². The molecule has 0 saturated carbocycles. The zero-order valence-corrected chi connectivity index (χ0v) is 18.2. The Kier molecular flexibility index (Phi) is 5.50. The minimum Gasteiger partial charge on any atom is -0.487 e. The number of rotatable bonds is 6. The van der Waals surface area contributed by atoms with Crippen LogP contribution in [-0.4, -0.2) is 33.0 Å². The molecule has 1 aromatic carbocycles. The maximum absolute atomic E-state index is 15.2. The Morgan fingerprint density at radius 3 is 2.87 bits per heavy atom. The van der Waals surface area contributed by atoms with Crippen LogP contribution in [0.4, 0.5) is 21.6 Å². The highest BCUT2D eigenvalue weighted by molar-refractivity contribution is 14.1. The number of hydrogen-bond acceptors (Lipinski definition) is 7. The van der Waals surface area contributed by atoms with Gasteiger partial charge in [-0.25, -0.2) is 9.37 Å². The maximum atomic E-state index is 15.2. The second kappa shape index (κ2) is 8.09. The molecule has 1 aliphatic rings. The Bertz CT molecular complexity index is 1200. The van der Waals surface area contributed by atoms with Crippen LogP contribution >= 0.6 is 22.6 Å². The SMILES string of the molecule is C[C@H]1COc2c(NCCNc3ccccn3)c(F)c(N)c3c(=O)c(C(=O)I)cn1c23. The van der Waals surface area contributed by atoms with Crippen LogP contribution in [0.2, 0.25) is 0 Å². The van der Waals surface area contributed by atoms with Gasteiger partial charge in [-0.1, -0.05) is 6.07 Å². The molecule has 4 N–H and O–H groups in total. The van der Waals surface area contributed by atoms with E-state index in [4.69, 9.17) is 10.5 Å². The summed E-state index contributed by atoms with van der Waals surface area (Å²) in [7, 11) is 0. The monoisotopic (exact) mass is 523 g/mol. The predicted octanol–water partition coefficient (Wildman–Crippen LogP) is 3.17. The van der Waals surface area contributed by atoms with Crippen molar-refractivity contribution in [3.8, 4) is 5.75 Å². The molecule has 0 radical (unpaired) electrons. The average molecular weight is 523 g/mol. The summed E-state index contributed by atoms with van der Waals surface area (Å²) < 4.78 is 22.3. The Hall–Kier alpha value is -2.89. The van der Waals surface area contributed by atoms with E-state index in [-0.39, 0.29) is 40.7 Å². The van der Waals surface area contributed by atoms with Crippen molar-refractivity contribution >= 4 is 54.5 Å². The van der Waals surface area contributed by atoms with E-state index in [1.54, 1.807) is 33.4 Å². The fraction of sp³-hybridized carbons (Fsp3) is 0.250. The van der Waals surface area contributed by atoms with Crippen molar-refractivity contribution in [2.75, 3.05) is 36.1 Å². The van der Waals surface area contributed by atoms with Gasteiger partial charge < -0.3 is 25.7 Å². The van der Waals surface area contributed by atoms with Crippen molar-refractivity contribution in [1.29, 1.82) is 0 Å². The van der Waals surface area contributed by atoms with Crippen LogP contribution in [0.15, 0.2) is 35.4 Å². The largest absolute Gasteiger partial charge is 0.487 e. The Labute approximate surface area is 184 Å². The van der Waals surface area contributed by atoms with Gasteiger partial charge in [0.05, 0.1) is 28.2 Å². The average Bonchev–Trinajstić information content (AvgIpc) is 2.73. The summed E-state index contributed by atoms with van der Waals surface area (Å²) in [6.45, 7) is 2.99. The van der Waals surface area contributed by atoms with E-state index in [0.717, 1.165) is 0 Å². The van der Waals surface area contributed by atoms with Crippen LogP contribution in [0.25, 0.3) is 10.9 Å². The van der Waals surface area contributed by atoms with Gasteiger partial charge in [0.2, 0.25) is 9.22 Å². The van der Waals surface area contributed by atoms with E-state index in [2.05, 4.69) is 15.6 Å². The van der Waals surface area contributed by atoms with Crippen molar-refractivity contribution in [3.63, 3.8) is 0 Å². The minimum atomic E-state index is -0.772. The molecule has 0 saturated heterocycles. The summed E-state index contributed by atoms with van der Waals surface area (Å²) in [5, 5.41) is 6.10. The predicted molar refractivity (Wildman–Crippen MR) is 122 cm³/mol. The number of hydrogen-bond donors (Lipinski definition) is 3. The molecule has 8 nitrogen and oxygen atoms in total. The van der Waals surface area contributed by atoms with Crippen LogP contribution in [-0.2, 0) is 0 Å². The number of nitrogen functional groups attached to an aromatic ring is 1. The van der Waals surface area contributed by atoms with E-state index in [0.29, 0.717) is 24.4 Å². The molecule has 156 valence electrons.